The predicted octanol–water partition coefficient (Wildman–Crippen LogP) is 2.65. The van der Waals surface area contributed by atoms with Gasteiger partial charge >= 0.3 is 17.4 Å². The Kier molecular flexibility index (Phi) is 6.15. The molecule has 1 aromatic heterocycles. The predicted molar refractivity (Wildman–Crippen MR) is 106 cm³/mol. The first-order valence-electron chi connectivity index (χ1n) is 8.70. The van der Waals surface area contributed by atoms with Crippen molar-refractivity contribution < 1.29 is 35.4 Å². The van der Waals surface area contributed by atoms with E-state index < -0.39 is 26.3 Å². The fraction of sp³-hybridized carbons (Fsp3) is 0.0500. The number of fused-ring (bicyclic) bond motifs is 1. The zero-order valence-electron chi connectivity index (χ0n) is 15.9. The summed E-state index contributed by atoms with van der Waals surface area (Å²) >= 11 is 0. The molecule has 0 fully saturated rings. The number of hydrogen-bond acceptors (Lipinski definition) is 7. The molecule has 0 atom stereocenters. The van der Waals surface area contributed by atoms with Gasteiger partial charge < -0.3 is 19.4 Å². The minimum absolute atomic E-state index is 0. The topological polar surface area (TPSA) is 141 Å². The number of aromatic nitrogens is 2. The Hall–Kier alpha value is -3.23. The van der Waals surface area contributed by atoms with Gasteiger partial charge in [-0.15, -0.1) is 10.8 Å². The van der Waals surface area contributed by atoms with Crippen molar-refractivity contribution >= 4 is 32.3 Å². The second-order valence-corrected chi connectivity index (χ2v) is 7.76. The summed E-state index contributed by atoms with van der Waals surface area (Å²) in [6.45, 7) is 1.58. The van der Waals surface area contributed by atoms with E-state index in [-0.39, 0.29) is 39.5 Å². The molecule has 155 valence electrons. The molecule has 0 aliphatic rings. The average molecular weight is 473 g/mol. The molecule has 0 bridgehead atoms. The Morgan fingerprint density at radius 3 is 2.16 bits per heavy atom. The summed E-state index contributed by atoms with van der Waals surface area (Å²) in [7, 11) is -4.86. The van der Waals surface area contributed by atoms with Crippen LogP contribution in [0.2, 0.25) is 0 Å². The zero-order valence-corrected chi connectivity index (χ0v) is 18.0. The van der Waals surface area contributed by atoms with Crippen molar-refractivity contribution in [1.82, 2.24) is 9.78 Å². The molecule has 4 rings (SSSR count). The maximum atomic E-state index is 12.7. The normalized spacial score (nSPS) is 11.7. The number of aryl methyl sites for hydroxylation is 1. The van der Waals surface area contributed by atoms with Crippen LogP contribution in [0.15, 0.2) is 80.6 Å². The number of azo groups is 1. The molecular formula is C20H13CrN4O5S. The summed E-state index contributed by atoms with van der Waals surface area (Å²) < 4.78 is 35.7. The monoisotopic (exact) mass is 473 g/mol. The molecule has 0 saturated heterocycles. The van der Waals surface area contributed by atoms with Crippen molar-refractivity contribution in [3.63, 3.8) is 0 Å². The first-order chi connectivity index (χ1) is 14.3. The van der Waals surface area contributed by atoms with Crippen LogP contribution in [0.1, 0.15) is 5.69 Å². The van der Waals surface area contributed by atoms with Gasteiger partial charge in [0.2, 0.25) is 0 Å². The summed E-state index contributed by atoms with van der Waals surface area (Å²) in [5.74, 6) is -0.799. The summed E-state index contributed by atoms with van der Waals surface area (Å²) in [6.07, 6.45) is 0. The smallest absolute Gasteiger partial charge is 0.871 e. The molecule has 1 heterocycles. The van der Waals surface area contributed by atoms with Gasteiger partial charge in [0.05, 0.1) is 10.6 Å². The standard InChI is InChI=1S/C20H16N4O5S.Cr/c1-12-18(20(26)24(23-12)13-7-3-2-4-8-13)21-22-19-15-10-6-5-9-14(15)17(11-16(19)25)30(27,28)29;/h2-11H,1H3,(H3,21,22,23,25,26,27,28,29);/q;+3/p-3. The molecule has 0 saturated carbocycles. The molecule has 0 amide bonds. The van der Waals surface area contributed by atoms with Crippen LogP contribution in [0.25, 0.3) is 16.5 Å². The van der Waals surface area contributed by atoms with E-state index >= 15 is 0 Å². The van der Waals surface area contributed by atoms with Crippen molar-refractivity contribution in [3.8, 4) is 11.4 Å². The van der Waals surface area contributed by atoms with Crippen LogP contribution < -0.4 is 15.8 Å². The van der Waals surface area contributed by atoms with Crippen molar-refractivity contribution in [1.29, 1.82) is 0 Å². The van der Waals surface area contributed by atoms with Gasteiger partial charge in [0.25, 0.3) is 5.56 Å². The fourth-order valence-corrected chi connectivity index (χ4v) is 3.77. The third-order valence-corrected chi connectivity index (χ3v) is 5.33. The maximum Gasteiger partial charge on any atom is 3.00 e. The Balaban J connectivity index is 0.00000272. The molecule has 11 heteroatoms. The second-order valence-electron chi connectivity index (χ2n) is 6.41. The molecule has 0 unspecified atom stereocenters. The van der Waals surface area contributed by atoms with E-state index in [0.29, 0.717) is 11.4 Å². The van der Waals surface area contributed by atoms with Crippen LogP contribution in [0.5, 0.6) is 5.75 Å². The zero-order chi connectivity index (χ0) is 21.5. The SMILES string of the molecule is Cc1[n-]n(-c2ccccc2)c(=O)c1N=Nc1c([O-])cc(S(=O)(=O)[O-])c2ccccc12.[Cr+3]. The van der Waals surface area contributed by atoms with E-state index in [2.05, 4.69) is 15.3 Å². The summed E-state index contributed by atoms with van der Waals surface area (Å²) in [5, 5.41) is 24.7. The molecule has 0 aliphatic heterocycles. The second kappa shape index (κ2) is 8.49. The molecule has 4 aromatic rings. The van der Waals surface area contributed by atoms with Crippen LogP contribution in [0.4, 0.5) is 11.4 Å². The molecule has 1 radical (unpaired) electrons. The van der Waals surface area contributed by atoms with Crippen LogP contribution in [-0.2, 0) is 27.5 Å². The van der Waals surface area contributed by atoms with Gasteiger partial charge in [-0.05, 0) is 18.2 Å². The van der Waals surface area contributed by atoms with Crippen molar-refractivity contribution in [2.45, 2.75) is 11.8 Å². The van der Waals surface area contributed by atoms with Gasteiger partial charge in [-0.2, -0.15) is 5.11 Å². The summed E-state index contributed by atoms with van der Waals surface area (Å²) in [4.78, 5) is 12.1. The van der Waals surface area contributed by atoms with Crippen molar-refractivity contribution in [2.75, 3.05) is 0 Å². The summed E-state index contributed by atoms with van der Waals surface area (Å²) in [5.41, 5.74) is 0.111. The number of rotatable bonds is 4. The van der Waals surface area contributed by atoms with Gasteiger partial charge in [0.15, 0.2) is 0 Å². The van der Waals surface area contributed by atoms with Crippen LogP contribution in [0.3, 0.4) is 0 Å². The van der Waals surface area contributed by atoms with E-state index in [1.54, 1.807) is 43.3 Å². The van der Waals surface area contributed by atoms with Gasteiger partial charge in [0.1, 0.15) is 15.8 Å². The third kappa shape index (κ3) is 4.17. The van der Waals surface area contributed by atoms with E-state index in [1.165, 1.54) is 22.9 Å². The quantitative estimate of drug-likeness (QED) is 0.330. The Morgan fingerprint density at radius 2 is 1.52 bits per heavy atom. The molecular weight excluding hydrogens is 460 g/mol. The van der Waals surface area contributed by atoms with E-state index in [9.17, 15) is 22.9 Å². The molecule has 0 spiro atoms. The number of para-hydroxylation sites is 1. The minimum atomic E-state index is -4.86. The molecule has 31 heavy (non-hydrogen) atoms. The van der Waals surface area contributed by atoms with E-state index in [0.717, 1.165) is 6.07 Å². The largest absolute Gasteiger partial charge is 3.00 e. The molecule has 0 N–H and O–H groups in total. The first kappa shape index (κ1) is 22.5. The van der Waals surface area contributed by atoms with Gasteiger partial charge in [0, 0.05) is 16.5 Å². The van der Waals surface area contributed by atoms with Crippen LogP contribution in [0, 0.1) is 6.92 Å². The maximum absolute atomic E-state index is 12.7. The number of hydrogen-bond donors (Lipinski definition) is 0. The minimum Gasteiger partial charge on any atom is -0.871 e. The Labute approximate surface area is 187 Å². The Bertz CT molecular complexity index is 1460. The Morgan fingerprint density at radius 1 is 0.935 bits per heavy atom. The van der Waals surface area contributed by atoms with Gasteiger partial charge in [-0.25, -0.2) is 8.42 Å². The fourth-order valence-electron chi connectivity index (χ4n) is 3.07. The van der Waals surface area contributed by atoms with Crippen LogP contribution in [-0.4, -0.2) is 17.7 Å². The molecule has 3 aromatic carbocycles. The van der Waals surface area contributed by atoms with Crippen molar-refractivity contribution in [2.24, 2.45) is 10.2 Å². The number of benzene rings is 3. The number of nitrogens with zero attached hydrogens (tertiary/aromatic N) is 4. The van der Waals surface area contributed by atoms with Gasteiger partial charge in [-0.1, -0.05) is 55.1 Å². The van der Waals surface area contributed by atoms with E-state index in [1.807, 2.05) is 0 Å². The van der Waals surface area contributed by atoms with Crippen molar-refractivity contribution in [3.05, 3.63) is 76.7 Å². The average Bonchev–Trinajstić information content (AvgIpc) is 3.00. The first-order valence-corrected chi connectivity index (χ1v) is 10.1. The third-order valence-electron chi connectivity index (χ3n) is 4.45. The molecule has 0 aliphatic carbocycles. The van der Waals surface area contributed by atoms with E-state index in [4.69, 9.17) is 0 Å². The van der Waals surface area contributed by atoms with Crippen LogP contribution >= 0.6 is 0 Å². The summed E-state index contributed by atoms with van der Waals surface area (Å²) in [6, 6.07) is 15.4. The van der Waals surface area contributed by atoms with Gasteiger partial charge in [-0.3, -0.25) is 4.79 Å². The molecule has 9 nitrogen and oxygen atoms in total.